The van der Waals surface area contributed by atoms with Gasteiger partial charge in [-0.05, 0) is 12.0 Å². The number of aromatic carboxylic acids is 1. The van der Waals surface area contributed by atoms with E-state index in [1.54, 1.807) is 0 Å². The van der Waals surface area contributed by atoms with Crippen molar-refractivity contribution in [3.05, 3.63) is 41.7 Å². The number of aromatic amines is 1. The van der Waals surface area contributed by atoms with Gasteiger partial charge in [-0.15, -0.1) is 0 Å². The number of H-pyrrole nitrogens is 1. The highest BCUT2D eigenvalue weighted by Crippen LogP contribution is 2.16. The fourth-order valence-corrected chi connectivity index (χ4v) is 1.47. The summed E-state index contributed by atoms with van der Waals surface area (Å²) in [4.78, 5) is 17.5. The maximum absolute atomic E-state index is 10.7. The molecule has 1 aromatic heterocycles. The molecule has 82 valence electrons. The number of carboxylic acid groups (broad SMARTS) is 1. The van der Waals surface area contributed by atoms with Crippen LogP contribution in [0.3, 0.4) is 0 Å². The maximum Gasteiger partial charge on any atom is 0.353 e. The summed E-state index contributed by atoms with van der Waals surface area (Å²) in [7, 11) is 0. The first-order valence-electron chi connectivity index (χ1n) is 5.08. The highest BCUT2D eigenvalue weighted by Gasteiger charge is 2.08. The lowest BCUT2D eigenvalue weighted by Crippen LogP contribution is -1.95. The second-order valence-corrected chi connectivity index (χ2v) is 3.50. The molecule has 16 heavy (non-hydrogen) atoms. The van der Waals surface area contributed by atoms with Crippen molar-refractivity contribution in [1.29, 1.82) is 0 Å². The number of nitrogens with zero attached hydrogens (tertiary/aromatic N) is 1. The zero-order valence-corrected chi connectivity index (χ0v) is 8.90. The molecule has 0 saturated heterocycles. The summed E-state index contributed by atoms with van der Waals surface area (Å²) in [5, 5.41) is 8.76. The molecule has 4 heteroatoms. The van der Waals surface area contributed by atoms with E-state index in [9.17, 15) is 4.79 Å². The van der Waals surface area contributed by atoms with Gasteiger partial charge in [0.15, 0.2) is 0 Å². The molecule has 1 heterocycles. The second kappa shape index (κ2) is 4.18. The van der Waals surface area contributed by atoms with Gasteiger partial charge in [-0.2, -0.15) is 0 Å². The van der Waals surface area contributed by atoms with Gasteiger partial charge in [0.25, 0.3) is 0 Å². The van der Waals surface area contributed by atoms with Gasteiger partial charge in [-0.3, -0.25) is 0 Å². The molecule has 0 aliphatic carbocycles. The van der Waals surface area contributed by atoms with Crippen LogP contribution >= 0.6 is 0 Å². The molecule has 0 spiro atoms. The molecule has 1 aromatic carbocycles. The molecule has 0 bridgehead atoms. The third kappa shape index (κ3) is 1.95. The van der Waals surface area contributed by atoms with E-state index in [-0.39, 0.29) is 5.69 Å². The van der Waals surface area contributed by atoms with Crippen molar-refractivity contribution in [2.75, 3.05) is 0 Å². The Balaban J connectivity index is 2.31. The third-order valence-electron chi connectivity index (χ3n) is 2.44. The van der Waals surface area contributed by atoms with E-state index in [0.29, 0.717) is 5.82 Å². The number of hydrogen-bond acceptors (Lipinski definition) is 2. The Morgan fingerprint density at radius 3 is 2.56 bits per heavy atom. The second-order valence-electron chi connectivity index (χ2n) is 3.50. The van der Waals surface area contributed by atoms with Crippen LogP contribution < -0.4 is 0 Å². The number of benzene rings is 1. The molecule has 0 radical (unpaired) electrons. The summed E-state index contributed by atoms with van der Waals surface area (Å²) in [5.41, 5.74) is 2.24. The number of carboxylic acids is 1. The zero-order chi connectivity index (χ0) is 11.5. The van der Waals surface area contributed by atoms with Crippen LogP contribution in [0.15, 0.2) is 30.5 Å². The van der Waals surface area contributed by atoms with Gasteiger partial charge in [0.1, 0.15) is 11.5 Å². The normalized spacial score (nSPS) is 10.3. The molecule has 2 rings (SSSR count). The number of aryl methyl sites for hydroxylation is 1. The van der Waals surface area contributed by atoms with Gasteiger partial charge < -0.3 is 10.1 Å². The largest absolute Gasteiger partial charge is 0.477 e. The van der Waals surface area contributed by atoms with E-state index in [4.69, 9.17) is 5.11 Å². The minimum atomic E-state index is -0.996. The van der Waals surface area contributed by atoms with Crippen molar-refractivity contribution in [1.82, 2.24) is 9.97 Å². The lowest BCUT2D eigenvalue weighted by molar-refractivity contribution is 0.0691. The fourth-order valence-electron chi connectivity index (χ4n) is 1.47. The Hall–Kier alpha value is -2.10. The van der Waals surface area contributed by atoms with Gasteiger partial charge in [0.05, 0.1) is 6.20 Å². The molecule has 0 fully saturated rings. The Morgan fingerprint density at radius 1 is 1.38 bits per heavy atom. The molecule has 0 amide bonds. The van der Waals surface area contributed by atoms with Crippen molar-refractivity contribution < 1.29 is 9.90 Å². The van der Waals surface area contributed by atoms with E-state index in [0.717, 1.165) is 12.0 Å². The van der Waals surface area contributed by atoms with Crippen LogP contribution in [0.4, 0.5) is 0 Å². The maximum atomic E-state index is 10.7. The molecule has 2 aromatic rings. The first-order valence-corrected chi connectivity index (χ1v) is 5.08. The summed E-state index contributed by atoms with van der Waals surface area (Å²) < 4.78 is 0. The van der Waals surface area contributed by atoms with Crippen molar-refractivity contribution in [3.8, 4) is 11.4 Å². The minimum Gasteiger partial charge on any atom is -0.477 e. The standard InChI is InChI=1S/C12H12N2O2/c1-2-8-3-5-9(6-4-8)11-13-7-10(14-11)12(15)16/h3-7H,2H2,1H3,(H,13,14)(H,15,16). The summed E-state index contributed by atoms with van der Waals surface area (Å²) in [6.45, 7) is 2.09. The quantitative estimate of drug-likeness (QED) is 0.827. The van der Waals surface area contributed by atoms with Crippen LogP contribution in [0.1, 0.15) is 23.0 Å². The van der Waals surface area contributed by atoms with Crippen LogP contribution in [0, 0.1) is 0 Å². The monoisotopic (exact) mass is 216 g/mol. The Morgan fingerprint density at radius 2 is 2.06 bits per heavy atom. The number of imidazole rings is 1. The Bertz CT molecular complexity index is 500. The lowest BCUT2D eigenvalue weighted by Gasteiger charge is -1.99. The molecule has 0 aliphatic rings. The SMILES string of the molecule is CCc1ccc(-c2ncc(C(=O)O)[nH]2)cc1. The Kier molecular flexibility index (Phi) is 2.72. The van der Waals surface area contributed by atoms with Gasteiger partial charge in [0, 0.05) is 5.56 Å². The smallest absolute Gasteiger partial charge is 0.353 e. The average Bonchev–Trinajstić information content (AvgIpc) is 2.78. The van der Waals surface area contributed by atoms with Gasteiger partial charge in [0.2, 0.25) is 0 Å². The predicted molar refractivity (Wildman–Crippen MR) is 60.4 cm³/mol. The number of aromatic nitrogens is 2. The number of rotatable bonds is 3. The van der Waals surface area contributed by atoms with E-state index in [2.05, 4.69) is 16.9 Å². The molecule has 0 saturated carbocycles. The predicted octanol–water partition coefficient (Wildman–Crippen LogP) is 2.34. The van der Waals surface area contributed by atoms with Crippen molar-refractivity contribution >= 4 is 5.97 Å². The van der Waals surface area contributed by atoms with Gasteiger partial charge in [-0.25, -0.2) is 9.78 Å². The fraction of sp³-hybridized carbons (Fsp3) is 0.167. The summed E-state index contributed by atoms with van der Waals surface area (Å²) in [6, 6.07) is 7.89. The van der Waals surface area contributed by atoms with Crippen molar-refractivity contribution in [2.24, 2.45) is 0 Å². The van der Waals surface area contributed by atoms with Crippen LogP contribution in [-0.2, 0) is 6.42 Å². The van der Waals surface area contributed by atoms with Crippen LogP contribution in [0.2, 0.25) is 0 Å². The summed E-state index contributed by atoms with van der Waals surface area (Å²) >= 11 is 0. The van der Waals surface area contributed by atoms with E-state index in [1.807, 2.05) is 24.3 Å². The molecule has 0 aliphatic heterocycles. The lowest BCUT2D eigenvalue weighted by atomic mass is 10.1. The van der Waals surface area contributed by atoms with E-state index in [1.165, 1.54) is 11.8 Å². The molecule has 4 nitrogen and oxygen atoms in total. The molecule has 2 N–H and O–H groups in total. The van der Waals surface area contributed by atoms with Crippen LogP contribution in [0.25, 0.3) is 11.4 Å². The number of hydrogen-bond donors (Lipinski definition) is 2. The number of nitrogens with one attached hydrogen (secondary N) is 1. The molecular weight excluding hydrogens is 204 g/mol. The minimum absolute atomic E-state index is 0.106. The van der Waals surface area contributed by atoms with Gasteiger partial charge >= 0.3 is 5.97 Å². The van der Waals surface area contributed by atoms with Crippen LogP contribution in [-0.4, -0.2) is 21.0 Å². The average molecular weight is 216 g/mol. The Labute approximate surface area is 93.0 Å². The van der Waals surface area contributed by atoms with Crippen molar-refractivity contribution in [2.45, 2.75) is 13.3 Å². The van der Waals surface area contributed by atoms with Crippen LogP contribution in [0.5, 0.6) is 0 Å². The molecular formula is C12H12N2O2. The number of carbonyl (C=O) groups is 1. The first kappa shape index (κ1) is 10.4. The zero-order valence-electron chi connectivity index (χ0n) is 8.90. The summed E-state index contributed by atoms with van der Waals surface area (Å²) in [6.07, 6.45) is 2.31. The third-order valence-corrected chi connectivity index (χ3v) is 2.44. The first-order chi connectivity index (χ1) is 7.70. The highest BCUT2D eigenvalue weighted by molar-refractivity contribution is 5.85. The van der Waals surface area contributed by atoms with E-state index < -0.39 is 5.97 Å². The molecule has 0 atom stereocenters. The van der Waals surface area contributed by atoms with Crippen molar-refractivity contribution in [3.63, 3.8) is 0 Å². The van der Waals surface area contributed by atoms with Gasteiger partial charge in [-0.1, -0.05) is 31.2 Å². The summed E-state index contributed by atoms with van der Waals surface area (Å²) in [5.74, 6) is -0.413. The van der Waals surface area contributed by atoms with E-state index >= 15 is 0 Å². The molecule has 0 unspecified atom stereocenters. The topological polar surface area (TPSA) is 66.0 Å². The highest BCUT2D eigenvalue weighted by atomic mass is 16.4.